The highest BCUT2D eigenvalue weighted by Gasteiger charge is 2.29. The van der Waals surface area contributed by atoms with E-state index in [4.69, 9.17) is 14.2 Å². The molecule has 0 unspecified atom stereocenters. The van der Waals surface area contributed by atoms with Crippen LogP contribution >= 0.6 is 0 Å². The molecule has 2 aromatic rings. The molecule has 1 N–H and O–H groups in total. The van der Waals surface area contributed by atoms with Gasteiger partial charge in [0.25, 0.3) is 11.6 Å². The number of para-hydroxylation sites is 2. The fourth-order valence-corrected chi connectivity index (χ4v) is 2.27. The largest absolute Gasteiger partial charge is 0.485 e. The van der Waals surface area contributed by atoms with Crippen LogP contribution in [0, 0.1) is 15.9 Å². The van der Waals surface area contributed by atoms with Gasteiger partial charge in [0.05, 0.1) is 10.6 Å². The first-order chi connectivity index (χ1) is 12.9. The van der Waals surface area contributed by atoms with Gasteiger partial charge in [0.1, 0.15) is 12.4 Å². The summed E-state index contributed by atoms with van der Waals surface area (Å²) in [5.41, 5.74) is -0.786. The summed E-state index contributed by atoms with van der Waals surface area (Å²) in [5.74, 6) is -1.70. The highest BCUT2D eigenvalue weighted by Crippen LogP contribution is 2.31. The quantitative estimate of drug-likeness (QED) is 0.482. The number of non-ortho nitro benzene ring substituents is 1. The molecule has 2 aromatic carbocycles. The first-order valence-corrected chi connectivity index (χ1v) is 7.73. The molecule has 9 nitrogen and oxygen atoms in total. The zero-order valence-corrected chi connectivity index (χ0v) is 13.7. The van der Waals surface area contributed by atoms with Crippen LogP contribution in [0.4, 0.5) is 15.8 Å². The van der Waals surface area contributed by atoms with Gasteiger partial charge in [0, 0.05) is 12.1 Å². The van der Waals surface area contributed by atoms with Gasteiger partial charge in [-0.15, -0.1) is 0 Å². The van der Waals surface area contributed by atoms with E-state index in [0.717, 1.165) is 18.2 Å². The molecule has 1 atom stereocenters. The first-order valence-electron chi connectivity index (χ1n) is 7.73. The van der Waals surface area contributed by atoms with Crippen LogP contribution in [-0.2, 0) is 14.3 Å². The van der Waals surface area contributed by atoms with Gasteiger partial charge in [0.2, 0.25) is 6.10 Å². The smallest absolute Gasteiger partial charge is 0.351 e. The summed E-state index contributed by atoms with van der Waals surface area (Å²) in [4.78, 5) is 33.8. The van der Waals surface area contributed by atoms with E-state index in [1.165, 1.54) is 0 Å². The number of hydrogen-bond donors (Lipinski definition) is 1. The monoisotopic (exact) mass is 376 g/mol. The molecule has 0 bridgehead atoms. The number of nitrogens with one attached hydrogen (secondary N) is 1. The molecule has 0 spiro atoms. The Bertz CT molecular complexity index is 903. The minimum atomic E-state index is -1.05. The predicted molar refractivity (Wildman–Crippen MR) is 89.0 cm³/mol. The Balaban J connectivity index is 1.54. The zero-order chi connectivity index (χ0) is 19.4. The van der Waals surface area contributed by atoms with Gasteiger partial charge >= 0.3 is 5.97 Å². The second kappa shape index (κ2) is 7.68. The van der Waals surface area contributed by atoms with E-state index >= 15 is 0 Å². The van der Waals surface area contributed by atoms with Crippen molar-refractivity contribution in [2.45, 2.75) is 6.10 Å². The van der Waals surface area contributed by atoms with E-state index in [1.807, 2.05) is 0 Å². The lowest BCUT2D eigenvalue weighted by Gasteiger charge is -2.24. The maximum absolute atomic E-state index is 13.6. The Kier molecular flexibility index (Phi) is 5.15. The van der Waals surface area contributed by atoms with Gasteiger partial charge < -0.3 is 19.5 Å². The Hall–Kier alpha value is -3.69. The summed E-state index contributed by atoms with van der Waals surface area (Å²) in [7, 11) is 0. The third-order valence-corrected chi connectivity index (χ3v) is 3.55. The lowest BCUT2D eigenvalue weighted by Crippen LogP contribution is -2.39. The summed E-state index contributed by atoms with van der Waals surface area (Å²) in [6.07, 6.45) is -1.05. The average Bonchev–Trinajstić information content (AvgIpc) is 2.67. The lowest BCUT2D eigenvalue weighted by molar-refractivity contribution is -0.384. The van der Waals surface area contributed by atoms with Crippen LogP contribution in [0.15, 0.2) is 42.5 Å². The summed E-state index contributed by atoms with van der Waals surface area (Å²) < 4.78 is 29.3. The van der Waals surface area contributed by atoms with Crippen molar-refractivity contribution in [1.82, 2.24) is 0 Å². The van der Waals surface area contributed by atoms with Crippen molar-refractivity contribution in [3.05, 3.63) is 58.4 Å². The number of nitro groups is 1. The summed E-state index contributed by atoms with van der Waals surface area (Å²) in [6, 6.07) is 9.43. The van der Waals surface area contributed by atoms with E-state index < -0.39 is 46.7 Å². The van der Waals surface area contributed by atoms with E-state index in [0.29, 0.717) is 11.5 Å². The second-order valence-corrected chi connectivity index (χ2v) is 5.44. The van der Waals surface area contributed by atoms with Crippen molar-refractivity contribution in [1.29, 1.82) is 0 Å². The number of anilines is 1. The number of halogens is 1. The Morgan fingerprint density at radius 1 is 1.26 bits per heavy atom. The Morgan fingerprint density at radius 3 is 2.74 bits per heavy atom. The zero-order valence-electron chi connectivity index (χ0n) is 13.7. The molecule has 0 aromatic heterocycles. The molecule has 0 radical (unpaired) electrons. The number of fused-ring (bicyclic) bond motifs is 1. The highest BCUT2D eigenvalue weighted by molar-refractivity contribution is 5.93. The number of rotatable bonds is 5. The normalized spacial score (nSPS) is 14.9. The molecule has 140 valence electrons. The number of nitro benzene ring substituents is 1. The highest BCUT2D eigenvalue weighted by atomic mass is 19.1. The van der Waals surface area contributed by atoms with Crippen molar-refractivity contribution in [2.75, 3.05) is 18.5 Å². The molecule has 27 heavy (non-hydrogen) atoms. The second-order valence-electron chi connectivity index (χ2n) is 5.44. The molecule has 0 aliphatic carbocycles. The molecule has 1 aliphatic heterocycles. The summed E-state index contributed by atoms with van der Waals surface area (Å²) in [6.45, 7) is -0.806. The molecular weight excluding hydrogens is 363 g/mol. The van der Waals surface area contributed by atoms with E-state index in [-0.39, 0.29) is 6.61 Å². The fourth-order valence-electron chi connectivity index (χ4n) is 2.27. The minimum Gasteiger partial charge on any atom is -0.485 e. The molecule has 3 rings (SSSR count). The Labute approximate surface area is 151 Å². The molecule has 0 saturated carbocycles. The standard InChI is InChI=1S/C17H13FN2O7/c18-11-6-5-10(20(23)24)7-12(11)19-16(21)9-26-17(22)15-8-25-13-3-1-2-4-14(13)27-15/h1-7,15H,8-9H2,(H,19,21)/t15-/m0/s1. The van der Waals surface area contributed by atoms with Crippen molar-refractivity contribution in [3.63, 3.8) is 0 Å². The molecule has 1 heterocycles. The van der Waals surface area contributed by atoms with Crippen LogP contribution in [0.1, 0.15) is 0 Å². The third kappa shape index (κ3) is 4.29. The number of carbonyl (C=O) groups excluding carboxylic acids is 2. The summed E-state index contributed by atoms with van der Waals surface area (Å²) in [5, 5.41) is 12.8. The van der Waals surface area contributed by atoms with Crippen LogP contribution in [0.25, 0.3) is 0 Å². The van der Waals surface area contributed by atoms with Gasteiger partial charge in [-0.2, -0.15) is 0 Å². The van der Waals surface area contributed by atoms with Crippen molar-refractivity contribution in [2.24, 2.45) is 0 Å². The number of amides is 1. The van der Waals surface area contributed by atoms with Gasteiger partial charge in [-0.25, -0.2) is 9.18 Å². The molecule has 10 heteroatoms. The van der Waals surface area contributed by atoms with Gasteiger partial charge in [-0.05, 0) is 18.2 Å². The van der Waals surface area contributed by atoms with Crippen LogP contribution in [0.2, 0.25) is 0 Å². The SMILES string of the molecule is O=C(COC(=O)[C@@H]1COc2ccccc2O1)Nc1cc([N+](=O)[O-])ccc1F. The van der Waals surface area contributed by atoms with Gasteiger partial charge in [0.15, 0.2) is 18.1 Å². The molecule has 1 aliphatic rings. The topological polar surface area (TPSA) is 117 Å². The number of carbonyl (C=O) groups is 2. The van der Waals surface area contributed by atoms with E-state index in [1.54, 1.807) is 24.3 Å². The molecule has 0 saturated heterocycles. The minimum absolute atomic E-state index is 0.0863. The van der Waals surface area contributed by atoms with Gasteiger partial charge in [-0.1, -0.05) is 12.1 Å². The van der Waals surface area contributed by atoms with Crippen LogP contribution < -0.4 is 14.8 Å². The van der Waals surface area contributed by atoms with E-state index in [2.05, 4.69) is 5.32 Å². The molecule has 1 amide bonds. The van der Waals surface area contributed by atoms with Crippen molar-refractivity contribution in [3.8, 4) is 11.5 Å². The number of benzene rings is 2. The van der Waals surface area contributed by atoms with Crippen molar-refractivity contribution >= 4 is 23.3 Å². The Morgan fingerprint density at radius 2 is 2.00 bits per heavy atom. The molecule has 0 fully saturated rings. The third-order valence-electron chi connectivity index (χ3n) is 3.55. The summed E-state index contributed by atoms with van der Waals surface area (Å²) >= 11 is 0. The average molecular weight is 376 g/mol. The number of nitrogens with zero attached hydrogens (tertiary/aromatic N) is 1. The maximum atomic E-state index is 13.6. The first kappa shape index (κ1) is 18.1. The molecular formula is C17H13FN2O7. The van der Waals surface area contributed by atoms with Crippen LogP contribution in [0.3, 0.4) is 0 Å². The number of ether oxygens (including phenoxy) is 3. The van der Waals surface area contributed by atoms with Gasteiger partial charge in [-0.3, -0.25) is 14.9 Å². The van der Waals surface area contributed by atoms with Crippen LogP contribution in [-0.4, -0.2) is 36.1 Å². The lowest BCUT2D eigenvalue weighted by atomic mass is 10.2. The predicted octanol–water partition coefficient (Wildman–Crippen LogP) is 2.06. The number of esters is 1. The number of hydrogen-bond acceptors (Lipinski definition) is 7. The van der Waals surface area contributed by atoms with E-state index in [9.17, 15) is 24.1 Å². The maximum Gasteiger partial charge on any atom is 0.351 e. The van der Waals surface area contributed by atoms with Crippen LogP contribution in [0.5, 0.6) is 11.5 Å². The van der Waals surface area contributed by atoms with Crippen molar-refractivity contribution < 1.29 is 33.1 Å². The fraction of sp³-hybridized carbons (Fsp3) is 0.176.